The minimum absolute atomic E-state index is 0.177. The number of halogens is 2. The minimum Gasteiger partial charge on any atom is -0.382 e. The molecule has 0 heterocycles. The normalized spacial score (nSPS) is 12.6. The summed E-state index contributed by atoms with van der Waals surface area (Å²) in [5.41, 5.74) is 0.965. The van der Waals surface area contributed by atoms with Crippen LogP contribution in [-0.4, -0.2) is 25.8 Å². The van der Waals surface area contributed by atoms with E-state index in [0.717, 1.165) is 44.6 Å². The molecule has 0 bridgehead atoms. The van der Waals surface area contributed by atoms with Crippen molar-refractivity contribution in [2.45, 2.75) is 39.2 Å². The maximum Gasteiger partial charge on any atom is 0.142 e. The second-order valence-corrected chi connectivity index (χ2v) is 5.00. The fraction of sp³-hybridized carbons (Fsp3) is 0.600. The molecule has 0 spiro atoms. The van der Waals surface area contributed by atoms with Gasteiger partial charge in [-0.2, -0.15) is 0 Å². The Hall–Kier alpha value is -0.640. The Morgan fingerprint density at radius 2 is 2.16 bits per heavy atom. The molecule has 0 aliphatic rings. The third-order valence-corrected chi connectivity index (χ3v) is 3.27. The van der Waals surface area contributed by atoms with Crippen molar-refractivity contribution in [3.05, 3.63) is 34.6 Å². The van der Waals surface area contributed by atoms with Crippen LogP contribution in [0.15, 0.2) is 18.2 Å². The smallest absolute Gasteiger partial charge is 0.142 e. The topological polar surface area (TPSA) is 21.3 Å². The average molecular weight is 288 g/mol. The van der Waals surface area contributed by atoms with Crippen molar-refractivity contribution < 1.29 is 9.13 Å². The Labute approximate surface area is 120 Å². The molecule has 1 N–H and O–H groups in total. The van der Waals surface area contributed by atoms with Crippen molar-refractivity contribution in [2.75, 3.05) is 19.8 Å². The van der Waals surface area contributed by atoms with E-state index in [-0.39, 0.29) is 10.8 Å². The van der Waals surface area contributed by atoms with Crippen LogP contribution in [-0.2, 0) is 11.2 Å². The Bertz CT molecular complexity index is 373. The van der Waals surface area contributed by atoms with Crippen LogP contribution in [0, 0.1) is 5.82 Å². The van der Waals surface area contributed by atoms with E-state index in [2.05, 4.69) is 12.2 Å². The highest BCUT2D eigenvalue weighted by molar-refractivity contribution is 6.30. The van der Waals surface area contributed by atoms with E-state index in [1.807, 2.05) is 13.0 Å². The second-order valence-electron chi connectivity index (χ2n) is 4.59. The lowest BCUT2D eigenvalue weighted by molar-refractivity contribution is 0.136. The Balaban J connectivity index is 2.56. The van der Waals surface area contributed by atoms with Crippen LogP contribution in [0.25, 0.3) is 0 Å². The van der Waals surface area contributed by atoms with Crippen LogP contribution >= 0.6 is 11.6 Å². The molecule has 19 heavy (non-hydrogen) atoms. The van der Waals surface area contributed by atoms with Gasteiger partial charge in [-0.15, -0.1) is 0 Å². The van der Waals surface area contributed by atoms with Gasteiger partial charge in [0.1, 0.15) is 5.82 Å². The fourth-order valence-electron chi connectivity index (χ4n) is 1.95. The van der Waals surface area contributed by atoms with Crippen molar-refractivity contribution in [2.24, 2.45) is 0 Å². The number of benzene rings is 1. The third-order valence-electron chi connectivity index (χ3n) is 2.96. The highest BCUT2D eigenvalue weighted by atomic mass is 35.5. The van der Waals surface area contributed by atoms with Crippen LogP contribution in [0.5, 0.6) is 0 Å². The molecule has 108 valence electrons. The van der Waals surface area contributed by atoms with Gasteiger partial charge in [-0.1, -0.05) is 24.6 Å². The Morgan fingerprint density at radius 1 is 1.37 bits per heavy atom. The summed E-state index contributed by atoms with van der Waals surface area (Å²) in [5.74, 6) is -0.349. The van der Waals surface area contributed by atoms with E-state index >= 15 is 0 Å². The monoisotopic (exact) mass is 287 g/mol. The van der Waals surface area contributed by atoms with Gasteiger partial charge in [0.05, 0.1) is 5.02 Å². The molecule has 0 saturated carbocycles. The molecular formula is C15H23ClFNO. The number of nitrogens with one attached hydrogen (secondary N) is 1. The fourth-order valence-corrected chi connectivity index (χ4v) is 2.06. The lowest BCUT2D eigenvalue weighted by Crippen LogP contribution is -2.33. The zero-order chi connectivity index (χ0) is 14.1. The van der Waals surface area contributed by atoms with Crippen molar-refractivity contribution in [3.63, 3.8) is 0 Å². The van der Waals surface area contributed by atoms with Crippen LogP contribution < -0.4 is 5.32 Å². The molecule has 1 aromatic carbocycles. The molecule has 1 unspecified atom stereocenters. The van der Waals surface area contributed by atoms with Crippen molar-refractivity contribution in [1.29, 1.82) is 0 Å². The second kappa shape index (κ2) is 9.29. The first kappa shape index (κ1) is 16.4. The van der Waals surface area contributed by atoms with Gasteiger partial charge in [-0.05, 0) is 50.4 Å². The van der Waals surface area contributed by atoms with Crippen molar-refractivity contribution >= 4 is 11.6 Å². The highest BCUT2D eigenvalue weighted by Crippen LogP contribution is 2.17. The van der Waals surface area contributed by atoms with Gasteiger partial charge < -0.3 is 10.1 Å². The maximum absolute atomic E-state index is 13.4. The lowest BCUT2D eigenvalue weighted by Gasteiger charge is -2.18. The number of ether oxygens (including phenoxy) is 1. The van der Waals surface area contributed by atoms with Crippen LogP contribution in [0.2, 0.25) is 5.02 Å². The summed E-state index contributed by atoms with van der Waals surface area (Å²) < 4.78 is 18.8. The van der Waals surface area contributed by atoms with Crippen LogP contribution in [0.3, 0.4) is 0 Å². The molecule has 0 aliphatic heterocycles. The van der Waals surface area contributed by atoms with Crippen LogP contribution in [0.4, 0.5) is 4.39 Å². The first-order chi connectivity index (χ1) is 9.17. The number of rotatable bonds is 9. The standard InChI is InChI=1S/C15H23ClFNO/c1-3-8-18-13(7-9-19-4-2)10-12-5-6-14(16)15(17)11-12/h5-6,11,13,18H,3-4,7-10H2,1-2H3. The van der Waals surface area contributed by atoms with Gasteiger partial charge in [-0.3, -0.25) is 0 Å². The molecule has 1 rings (SSSR count). The van der Waals surface area contributed by atoms with E-state index in [9.17, 15) is 4.39 Å². The first-order valence-corrected chi connectivity index (χ1v) is 7.30. The van der Waals surface area contributed by atoms with Gasteiger partial charge in [0.15, 0.2) is 0 Å². The van der Waals surface area contributed by atoms with Crippen molar-refractivity contribution in [1.82, 2.24) is 5.32 Å². The largest absolute Gasteiger partial charge is 0.382 e. The van der Waals surface area contributed by atoms with E-state index in [1.54, 1.807) is 6.07 Å². The Kier molecular flexibility index (Phi) is 8.03. The molecule has 0 radical (unpaired) electrons. The third kappa shape index (κ3) is 6.37. The predicted octanol–water partition coefficient (Wildman–Crippen LogP) is 3.82. The zero-order valence-corrected chi connectivity index (χ0v) is 12.5. The summed E-state index contributed by atoms with van der Waals surface area (Å²) in [6.45, 7) is 6.55. The van der Waals surface area contributed by atoms with E-state index in [0.29, 0.717) is 6.04 Å². The summed E-state index contributed by atoms with van der Waals surface area (Å²) in [7, 11) is 0. The summed E-state index contributed by atoms with van der Waals surface area (Å²) >= 11 is 5.69. The van der Waals surface area contributed by atoms with Crippen molar-refractivity contribution in [3.8, 4) is 0 Å². The average Bonchev–Trinajstić information content (AvgIpc) is 2.40. The molecule has 0 amide bonds. The Morgan fingerprint density at radius 3 is 2.79 bits per heavy atom. The predicted molar refractivity (Wildman–Crippen MR) is 78.3 cm³/mol. The molecule has 2 nitrogen and oxygen atoms in total. The quantitative estimate of drug-likeness (QED) is 0.697. The molecular weight excluding hydrogens is 265 g/mol. The lowest BCUT2D eigenvalue weighted by atomic mass is 10.0. The SMILES string of the molecule is CCCNC(CCOCC)Cc1ccc(Cl)c(F)c1. The van der Waals surface area contributed by atoms with Gasteiger partial charge >= 0.3 is 0 Å². The molecule has 0 saturated heterocycles. The van der Waals surface area contributed by atoms with Gasteiger partial charge in [0, 0.05) is 19.3 Å². The molecule has 0 aromatic heterocycles. The van der Waals surface area contributed by atoms with E-state index in [4.69, 9.17) is 16.3 Å². The summed E-state index contributed by atoms with van der Waals surface area (Å²) in [6, 6.07) is 5.33. The first-order valence-electron chi connectivity index (χ1n) is 6.92. The van der Waals surface area contributed by atoms with E-state index in [1.165, 1.54) is 6.07 Å². The van der Waals surface area contributed by atoms with Gasteiger partial charge in [-0.25, -0.2) is 4.39 Å². The molecule has 0 aliphatic carbocycles. The minimum atomic E-state index is -0.349. The summed E-state index contributed by atoms with van der Waals surface area (Å²) in [4.78, 5) is 0. The number of hydrogen-bond donors (Lipinski definition) is 1. The highest BCUT2D eigenvalue weighted by Gasteiger charge is 2.10. The molecule has 1 aromatic rings. The van der Waals surface area contributed by atoms with Gasteiger partial charge in [0.25, 0.3) is 0 Å². The molecule has 4 heteroatoms. The summed E-state index contributed by atoms with van der Waals surface area (Å²) in [6.07, 6.45) is 2.80. The van der Waals surface area contributed by atoms with E-state index < -0.39 is 0 Å². The zero-order valence-electron chi connectivity index (χ0n) is 11.7. The maximum atomic E-state index is 13.4. The molecule has 1 atom stereocenters. The number of hydrogen-bond acceptors (Lipinski definition) is 2. The van der Waals surface area contributed by atoms with Crippen LogP contribution in [0.1, 0.15) is 32.3 Å². The van der Waals surface area contributed by atoms with Gasteiger partial charge in [0.2, 0.25) is 0 Å². The molecule has 0 fully saturated rings. The summed E-state index contributed by atoms with van der Waals surface area (Å²) in [5, 5.41) is 3.65.